The van der Waals surface area contributed by atoms with Crippen molar-refractivity contribution in [2.45, 2.75) is 58.2 Å². The van der Waals surface area contributed by atoms with Crippen LogP contribution in [0.1, 0.15) is 49.8 Å². The quantitative estimate of drug-likeness (QED) is 0.568. The first-order chi connectivity index (χ1) is 15.9. The van der Waals surface area contributed by atoms with Gasteiger partial charge in [-0.25, -0.2) is 9.59 Å². The SMILES string of the molecule is CC[C@H](C)[C@H](NC(=O)OCc1cccc2c1Cc1ccccc1-2)C(=O)N1CCC[C@H]1C(=O)O. The Morgan fingerprint density at radius 3 is 2.67 bits per heavy atom. The number of rotatable bonds is 7. The van der Waals surface area contributed by atoms with Gasteiger partial charge in [-0.3, -0.25) is 4.79 Å². The number of nitrogens with one attached hydrogen (secondary N) is 1. The number of carboxylic acids is 1. The molecule has 2 aromatic rings. The van der Waals surface area contributed by atoms with E-state index >= 15 is 0 Å². The van der Waals surface area contributed by atoms with Crippen LogP contribution in [0.3, 0.4) is 0 Å². The van der Waals surface area contributed by atoms with Gasteiger partial charge in [0.05, 0.1) is 0 Å². The van der Waals surface area contributed by atoms with Crippen LogP contribution < -0.4 is 5.32 Å². The predicted octanol–water partition coefficient (Wildman–Crippen LogP) is 3.97. The minimum absolute atomic E-state index is 0.103. The number of nitrogens with zero attached hydrogens (tertiary/aromatic N) is 1. The molecule has 3 atom stereocenters. The molecule has 0 aromatic heterocycles. The van der Waals surface area contributed by atoms with Gasteiger partial charge in [0, 0.05) is 6.54 Å². The van der Waals surface area contributed by atoms with Gasteiger partial charge in [-0.05, 0) is 53.0 Å². The Morgan fingerprint density at radius 2 is 1.91 bits per heavy atom. The van der Waals surface area contributed by atoms with Gasteiger partial charge in [0.25, 0.3) is 0 Å². The molecule has 2 amide bonds. The normalized spacial score (nSPS) is 18.2. The number of hydrogen-bond acceptors (Lipinski definition) is 4. The molecule has 7 heteroatoms. The van der Waals surface area contributed by atoms with Crippen LogP contribution in [-0.2, 0) is 27.4 Å². The van der Waals surface area contributed by atoms with E-state index in [9.17, 15) is 19.5 Å². The molecule has 1 fully saturated rings. The second kappa shape index (κ2) is 9.65. The summed E-state index contributed by atoms with van der Waals surface area (Å²) in [6.07, 6.45) is 1.86. The molecule has 0 radical (unpaired) electrons. The first kappa shape index (κ1) is 22.8. The van der Waals surface area contributed by atoms with Crippen molar-refractivity contribution in [3.63, 3.8) is 0 Å². The Kier molecular flexibility index (Phi) is 6.67. The summed E-state index contributed by atoms with van der Waals surface area (Å²) in [7, 11) is 0. The molecule has 0 unspecified atom stereocenters. The maximum atomic E-state index is 13.1. The first-order valence-electron chi connectivity index (χ1n) is 11.6. The summed E-state index contributed by atoms with van der Waals surface area (Å²) < 4.78 is 5.53. The van der Waals surface area contributed by atoms with E-state index < -0.39 is 24.1 Å². The number of fused-ring (bicyclic) bond motifs is 3. The monoisotopic (exact) mass is 450 g/mol. The molecule has 2 N–H and O–H groups in total. The molecule has 33 heavy (non-hydrogen) atoms. The van der Waals surface area contributed by atoms with E-state index in [1.54, 1.807) is 0 Å². The molecule has 0 spiro atoms. The molecule has 0 saturated carbocycles. The zero-order valence-corrected chi connectivity index (χ0v) is 19.0. The van der Waals surface area contributed by atoms with Gasteiger partial charge in [0.1, 0.15) is 18.7 Å². The molecule has 2 aromatic carbocycles. The molecule has 7 nitrogen and oxygen atoms in total. The number of benzene rings is 2. The smallest absolute Gasteiger partial charge is 0.408 e. The van der Waals surface area contributed by atoms with Crippen LogP contribution >= 0.6 is 0 Å². The van der Waals surface area contributed by atoms with Gasteiger partial charge in [-0.1, -0.05) is 62.7 Å². The maximum absolute atomic E-state index is 13.1. The maximum Gasteiger partial charge on any atom is 0.408 e. The lowest BCUT2D eigenvalue weighted by Gasteiger charge is -2.30. The Bertz CT molecular complexity index is 1070. The molecule has 1 aliphatic heterocycles. The van der Waals surface area contributed by atoms with Gasteiger partial charge in [-0.2, -0.15) is 0 Å². The fraction of sp³-hybridized carbons (Fsp3) is 0.423. The molecule has 174 valence electrons. The third kappa shape index (κ3) is 4.58. The van der Waals surface area contributed by atoms with Crippen LogP contribution in [0.5, 0.6) is 0 Å². The lowest BCUT2D eigenvalue weighted by molar-refractivity contribution is -0.149. The van der Waals surface area contributed by atoms with Gasteiger partial charge in [0.2, 0.25) is 5.91 Å². The van der Waals surface area contributed by atoms with Crippen LogP contribution in [0.15, 0.2) is 42.5 Å². The van der Waals surface area contributed by atoms with Crippen molar-refractivity contribution in [2.75, 3.05) is 6.54 Å². The summed E-state index contributed by atoms with van der Waals surface area (Å²) in [4.78, 5) is 38.7. The van der Waals surface area contributed by atoms with Crippen LogP contribution in [0.4, 0.5) is 4.79 Å². The summed E-state index contributed by atoms with van der Waals surface area (Å²) in [6, 6.07) is 12.6. The Morgan fingerprint density at radius 1 is 1.15 bits per heavy atom. The Hall–Kier alpha value is -3.35. The van der Waals surface area contributed by atoms with Gasteiger partial charge in [0.15, 0.2) is 0 Å². The summed E-state index contributed by atoms with van der Waals surface area (Å²) in [5.41, 5.74) is 5.72. The van der Waals surface area contributed by atoms with Crippen LogP contribution in [0, 0.1) is 5.92 Å². The second-order valence-electron chi connectivity index (χ2n) is 8.89. The average molecular weight is 451 g/mol. The predicted molar refractivity (Wildman–Crippen MR) is 124 cm³/mol. The molecule has 4 rings (SSSR count). The van der Waals surface area contributed by atoms with E-state index in [0.29, 0.717) is 25.8 Å². The Balaban J connectivity index is 1.43. The highest BCUT2D eigenvalue weighted by molar-refractivity contribution is 5.90. The summed E-state index contributed by atoms with van der Waals surface area (Å²) in [5.74, 6) is -1.52. The third-order valence-electron chi connectivity index (χ3n) is 6.88. The minimum atomic E-state index is -1.01. The lowest BCUT2D eigenvalue weighted by atomic mass is 9.97. The standard InChI is InChI=1S/C26H30N2O5/c1-3-16(2)23(24(29)28-13-7-12-22(28)25(30)31)27-26(32)33-15-18-9-6-11-20-19-10-5-4-8-17(19)14-21(18)20/h4-6,8-11,16,22-23H,3,7,12-15H2,1-2H3,(H,27,32)(H,30,31)/t16-,22-,23-/m0/s1. The number of carbonyl (C=O) groups is 3. The highest BCUT2D eigenvalue weighted by Crippen LogP contribution is 2.38. The number of carboxylic acid groups (broad SMARTS) is 1. The topological polar surface area (TPSA) is 95.9 Å². The second-order valence-corrected chi connectivity index (χ2v) is 8.89. The van der Waals surface area contributed by atoms with Gasteiger partial charge < -0.3 is 20.1 Å². The molecule has 1 aliphatic carbocycles. The number of carbonyl (C=O) groups excluding carboxylic acids is 2. The zero-order valence-electron chi connectivity index (χ0n) is 19.0. The molecular formula is C26H30N2O5. The van der Waals surface area contributed by atoms with Crippen LogP contribution in [0.2, 0.25) is 0 Å². The van der Waals surface area contributed by atoms with E-state index in [0.717, 1.165) is 23.1 Å². The highest BCUT2D eigenvalue weighted by atomic mass is 16.5. The largest absolute Gasteiger partial charge is 0.480 e. The number of ether oxygens (including phenoxy) is 1. The van der Waals surface area contributed by atoms with E-state index in [1.807, 2.05) is 38.1 Å². The number of aliphatic carboxylic acids is 1. The van der Waals surface area contributed by atoms with Crippen LogP contribution in [-0.4, -0.2) is 46.6 Å². The molecule has 0 bridgehead atoms. The van der Waals surface area contributed by atoms with Crippen LogP contribution in [0.25, 0.3) is 11.1 Å². The van der Waals surface area contributed by atoms with Crippen molar-refractivity contribution in [1.82, 2.24) is 10.2 Å². The summed E-state index contributed by atoms with van der Waals surface area (Å²) in [6.45, 7) is 4.29. The first-order valence-corrected chi connectivity index (χ1v) is 11.6. The van der Waals surface area contributed by atoms with Crippen molar-refractivity contribution in [2.24, 2.45) is 5.92 Å². The third-order valence-corrected chi connectivity index (χ3v) is 6.88. The van der Waals surface area contributed by atoms with Gasteiger partial charge >= 0.3 is 12.1 Å². The van der Waals surface area contributed by atoms with Crippen molar-refractivity contribution in [3.05, 3.63) is 59.2 Å². The number of hydrogen-bond donors (Lipinski definition) is 2. The molecule has 2 aliphatic rings. The number of amides is 2. The number of alkyl carbamates (subject to hydrolysis) is 1. The minimum Gasteiger partial charge on any atom is -0.480 e. The Labute approximate surface area is 193 Å². The summed E-state index contributed by atoms with van der Waals surface area (Å²) in [5, 5.41) is 12.2. The van der Waals surface area contributed by atoms with E-state index in [2.05, 4.69) is 23.5 Å². The van der Waals surface area contributed by atoms with Crippen molar-refractivity contribution < 1.29 is 24.2 Å². The van der Waals surface area contributed by atoms with Crippen molar-refractivity contribution >= 4 is 18.0 Å². The van der Waals surface area contributed by atoms with E-state index in [1.165, 1.54) is 16.0 Å². The van der Waals surface area contributed by atoms with Gasteiger partial charge in [-0.15, -0.1) is 0 Å². The van der Waals surface area contributed by atoms with Crippen molar-refractivity contribution in [1.29, 1.82) is 0 Å². The van der Waals surface area contributed by atoms with E-state index in [4.69, 9.17) is 4.74 Å². The zero-order chi connectivity index (χ0) is 23.5. The van der Waals surface area contributed by atoms with E-state index in [-0.39, 0.29) is 18.4 Å². The lowest BCUT2D eigenvalue weighted by Crippen LogP contribution is -2.54. The van der Waals surface area contributed by atoms with Crippen molar-refractivity contribution in [3.8, 4) is 11.1 Å². The molecule has 1 heterocycles. The molecule has 1 saturated heterocycles. The fourth-order valence-electron chi connectivity index (χ4n) is 4.82. The fourth-order valence-corrected chi connectivity index (χ4v) is 4.82. The number of likely N-dealkylation sites (tertiary alicyclic amines) is 1. The highest BCUT2D eigenvalue weighted by Gasteiger charge is 2.39. The summed E-state index contributed by atoms with van der Waals surface area (Å²) >= 11 is 0. The average Bonchev–Trinajstić information content (AvgIpc) is 3.45. The molecular weight excluding hydrogens is 420 g/mol.